The largest absolute Gasteiger partial charge is 0.507 e. The zero-order valence-electron chi connectivity index (χ0n) is 9.63. The van der Waals surface area contributed by atoms with E-state index in [1.165, 1.54) is 12.5 Å². The van der Waals surface area contributed by atoms with E-state index in [-0.39, 0.29) is 11.3 Å². The Balaban J connectivity index is 2.12. The highest BCUT2D eigenvalue weighted by Crippen LogP contribution is 2.32. The molecule has 0 amide bonds. The zero-order valence-corrected chi connectivity index (χ0v) is 9.63. The van der Waals surface area contributed by atoms with Crippen molar-refractivity contribution in [3.63, 3.8) is 0 Å². The van der Waals surface area contributed by atoms with Gasteiger partial charge in [0.15, 0.2) is 0 Å². The monoisotopic (exact) mass is 241 g/mol. The van der Waals surface area contributed by atoms with E-state index in [1.807, 2.05) is 0 Å². The third kappa shape index (κ3) is 2.94. The quantitative estimate of drug-likeness (QED) is 0.852. The summed E-state index contributed by atoms with van der Waals surface area (Å²) in [4.78, 5) is 0. The molecule has 1 aliphatic heterocycles. The van der Waals surface area contributed by atoms with Crippen molar-refractivity contribution in [2.24, 2.45) is 0 Å². The molecule has 2 N–H and O–H groups in total. The van der Waals surface area contributed by atoms with Crippen LogP contribution in [0.15, 0.2) is 18.2 Å². The fourth-order valence-electron chi connectivity index (χ4n) is 2.32. The standard InChI is InChI=1S/C13H17F2NO/c14-13(15)11-6-3-4-9(12(11)17)8-10-5-1-2-7-16-10/h3-4,6,10,13,16-17H,1-2,5,7-8H2. The second kappa shape index (κ2) is 5.45. The Hall–Kier alpha value is -1.16. The molecule has 0 spiro atoms. The van der Waals surface area contributed by atoms with E-state index in [4.69, 9.17) is 0 Å². The molecule has 94 valence electrons. The van der Waals surface area contributed by atoms with E-state index in [0.29, 0.717) is 18.0 Å². The number of piperidine rings is 1. The summed E-state index contributed by atoms with van der Waals surface area (Å²) in [7, 11) is 0. The van der Waals surface area contributed by atoms with Gasteiger partial charge >= 0.3 is 0 Å². The van der Waals surface area contributed by atoms with Crippen molar-refractivity contribution >= 4 is 0 Å². The van der Waals surface area contributed by atoms with Gasteiger partial charge in [-0.15, -0.1) is 0 Å². The lowest BCUT2D eigenvalue weighted by Gasteiger charge is -2.24. The Labute approximate surface area is 99.7 Å². The second-order valence-electron chi connectivity index (χ2n) is 4.51. The van der Waals surface area contributed by atoms with E-state index >= 15 is 0 Å². The van der Waals surface area contributed by atoms with Crippen molar-refractivity contribution in [1.29, 1.82) is 0 Å². The molecule has 1 aromatic rings. The molecule has 0 radical (unpaired) electrons. The van der Waals surface area contributed by atoms with Crippen molar-refractivity contribution in [3.8, 4) is 5.75 Å². The molecule has 2 nitrogen and oxygen atoms in total. The minimum Gasteiger partial charge on any atom is -0.507 e. The molecule has 2 rings (SSSR count). The van der Waals surface area contributed by atoms with Gasteiger partial charge < -0.3 is 10.4 Å². The first-order valence-corrected chi connectivity index (χ1v) is 6.01. The zero-order chi connectivity index (χ0) is 12.3. The summed E-state index contributed by atoms with van der Waals surface area (Å²) in [5, 5.41) is 13.1. The van der Waals surface area contributed by atoms with Gasteiger partial charge in [0.2, 0.25) is 0 Å². The van der Waals surface area contributed by atoms with Crippen LogP contribution in [0.4, 0.5) is 8.78 Å². The summed E-state index contributed by atoms with van der Waals surface area (Å²) >= 11 is 0. The fourth-order valence-corrected chi connectivity index (χ4v) is 2.32. The third-order valence-electron chi connectivity index (χ3n) is 3.26. The van der Waals surface area contributed by atoms with E-state index in [0.717, 1.165) is 19.4 Å². The molecular weight excluding hydrogens is 224 g/mol. The topological polar surface area (TPSA) is 32.3 Å². The van der Waals surface area contributed by atoms with Crippen molar-refractivity contribution in [2.75, 3.05) is 6.54 Å². The maximum Gasteiger partial charge on any atom is 0.267 e. The average Bonchev–Trinajstić information content (AvgIpc) is 2.33. The lowest BCUT2D eigenvalue weighted by Crippen LogP contribution is -2.35. The summed E-state index contributed by atoms with van der Waals surface area (Å²) in [6.45, 7) is 0.972. The molecule has 0 aliphatic carbocycles. The van der Waals surface area contributed by atoms with Crippen LogP contribution in [0.5, 0.6) is 5.75 Å². The van der Waals surface area contributed by atoms with Gasteiger partial charge in [-0.1, -0.05) is 18.6 Å². The van der Waals surface area contributed by atoms with Crippen molar-refractivity contribution in [1.82, 2.24) is 5.32 Å². The molecule has 1 aliphatic rings. The molecule has 1 heterocycles. The molecular formula is C13H17F2NO. The van der Waals surface area contributed by atoms with Crippen molar-refractivity contribution in [3.05, 3.63) is 29.3 Å². The molecule has 17 heavy (non-hydrogen) atoms. The summed E-state index contributed by atoms with van der Waals surface area (Å²) in [6.07, 6.45) is 1.37. The number of halogens is 2. The molecule has 0 saturated carbocycles. The van der Waals surface area contributed by atoms with Gasteiger partial charge in [-0.3, -0.25) is 0 Å². The molecule has 1 saturated heterocycles. The van der Waals surface area contributed by atoms with Crippen LogP contribution in [-0.2, 0) is 6.42 Å². The summed E-state index contributed by atoms with van der Waals surface area (Å²) in [5.74, 6) is -0.241. The van der Waals surface area contributed by atoms with E-state index in [9.17, 15) is 13.9 Å². The number of aromatic hydroxyl groups is 1. The SMILES string of the molecule is Oc1c(CC2CCCCN2)cccc1C(F)F. The summed E-state index contributed by atoms with van der Waals surface area (Å²) < 4.78 is 25.2. The molecule has 1 aromatic carbocycles. The van der Waals surface area contributed by atoms with Gasteiger partial charge in [-0.05, 0) is 37.4 Å². The van der Waals surface area contributed by atoms with Crippen molar-refractivity contribution < 1.29 is 13.9 Å². The Morgan fingerprint density at radius 2 is 2.18 bits per heavy atom. The lowest BCUT2D eigenvalue weighted by molar-refractivity contribution is 0.147. The molecule has 0 bridgehead atoms. The number of hydrogen-bond acceptors (Lipinski definition) is 2. The maximum absolute atomic E-state index is 12.6. The van der Waals surface area contributed by atoms with Gasteiger partial charge in [0.05, 0.1) is 5.56 Å². The normalized spacial score (nSPS) is 20.8. The first-order valence-electron chi connectivity index (χ1n) is 6.01. The van der Waals surface area contributed by atoms with Crippen molar-refractivity contribution in [2.45, 2.75) is 38.2 Å². The smallest absolute Gasteiger partial charge is 0.267 e. The summed E-state index contributed by atoms with van der Waals surface area (Å²) in [5.41, 5.74) is 0.348. The minimum atomic E-state index is -2.62. The predicted molar refractivity (Wildman–Crippen MR) is 62.4 cm³/mol. The fraction of sp³-hybridized carbons (Fsp3) is 0.538. The first kappa shape index (κ1) is 12.3. The van der Waals surface area contributed by atoms with Crippen LogP contribution in [0.3, 0.4) is 0 Å². The van der Waals surface area contributed by atoms with Gasteiger partial charge in [0, 0.05) is 6.04 Å². The van der Waals surface area contributed by atoms with Crippen LogP contribution in [0.25, 0.3) is 0 Å². The second-order valence-corrected chi connectivity index (χ2v) is 4.51. The number of alkyl halides is 2. The van der Waals surface area contributed by atoms with Gasteiger partial charge in [-0.2, -0.15) is 0 Å². The first-order chi connectivity index (χ1) is 8.18. The van der Waals surface area contributed by atoms with Crippen LogP contribution >= 0.6 is 0 Å². The number of hydrogen-bond donors (Lipinski definition) is 2. The molecule has 1 atom stereocenters. The number of rotatable bonds is 3. The number of nitrogens with one attached hydrogen (secondary N) is 1. The third-order valence-corrected chi connectivity index (χ3v) is 3.26. The number of para-hydroxylation sites is 1. The van der Waals surface area contributed by atoms with Crippen LogP contribution in [-0.4, -0.2) is 17.7 Å². The number of phenolic OH excluding ortho intramolecular Hbond substituents is 1. The van der Waals surface area contributed by atoms with Crippen LogP contribution in [0.2, 0.25) is 0 Å². The lowest BCUT2D eigenvalue weighted by atomic mass is 9.96. The number of benzene rings is 1. The van der Waals surface area contributed by atoms with Gasteiger partial charge in [-0.25, -0.2) is 8.78 Å². The van der Waals surface area contributed by atoms with E-state index in [2.05, 4.69) is 5.32 Å². The Kier molecular flexibility index (Phi) is 3.94. The molecule has 1 fully saturated rings. The van der Waals surface area contributed by atoms with Crippen LogP contribution in [0.1, 0.15) is 36.8 Å². The Morgan fingerprint density at radius 3 is 2.82 bits per heavy atom. The highest BCUT2D eigenvalue weighted by molar-refractivity contribution is 5.41. The average molecular weight is 241 g/mol. The highest BCUT2D eigenvalue weighted by atomic mass is 19.3. The predicted octanol–water partition coefficient (Wildman–Crippen LogP) is 3.01. The Morgan fingerprint density at radius 1 is 1.35 bits per heavy atom. The number of phenols is 1. The minimum absolute atomic E-state index is 0.241. The van der Waals surface area contributed by atoms with Gasteiger partial charge in [0.25, 0.3) is 6.43 Å². The Bertz CT molecular complexity index is 376. The van der Waals surface area contributed by atoms with Crippen LogP contribution in [0, 0.1) is 0 Å². The maximum atomic E-state index is 12.6. The van der Waals surface area contributed by atoms with E-state index in [1.54, 1.807) is 12.1 Å². The molecule has 4 heteroatoms. The highest BCUT2D eigenvalue weighted by Gasteiger charge is 2.19. The molecule has 0 aromatic heterocycles. The van der Waals surface area contributed by atoms with E-state index < -0.39 is 6.43 Å². The summed E-state index contributed by atoms with van der Waals surface area (Å²) in [6, 6.07) is 4.87. The molecule has 1 unspecified atom stereocenters. The van der Waals surface area contributed by atoms with Gasteiger partial charge in [0.1, 0.15) is 5.75 Å². The van der Waals surface area contributed by atoms with Crippen LogP contribution < -0.4 is 5.32 Å².